The number of amides is 2. The van der Waals surface area contributed by atoms with Gasteiger partial charge in [-0.05, 0) is 43.7 Å². The Hall–Kier alpha value is -3.81. The number of anilines is 2. The third kappa shape index (κ3) is 5.46. The highest BCUT2D eigenvalue weighted by molar-refractivity contribution is 5.93. The fraction of sp³-hybridized carbons (Fsp3) is 0.250. The molecule has 0 bridgehead atoms. The molecule has 1 heterocycles. The number of hydrogen-bond donors (Lipinski definition) is 2. The van der Waals surface area contributed by atoms with Crippen LogP contribution in [-0.2, 0) is 16.1 Å². The van der Waals surface area contributed by atoms with Crippen molar-refractivity contribution in [1.29, 1.82) is 0 Å². The first kappa shape index (κ1) is 22.9. The Balaban J connectivity index is 1.96. The van der Waals surface area contributed by atoms with Gasteiger partial charge in [0.1, 0.15) is 18.0 Å². The van der Waals surface area contributed by atoms with Crippen molar-refractivity contribution >= 4 is 23.2 Å². The van der Waals surface area contributed by atoms with E-state index in [1.165, 1.54) is 24.3 Å². The summed E-state index contributed by atoms with van der Waals surface area (Å²) in [4.78, 5) is 37.7. The van der Waals surface area contributed by atoms with Crippen molar-refractivity contribution in [2.75, 3.05) is 10.6 Å². The summed E-state index contributed by atoms with van der Waals surface area (Å²) in [6.45, 7) is 6.68. The van der Waals surface area contributed by atoms with Gasteiger partial charge in [0, 0.05) is 17.2 Å². The number of aromatic nitrogens is 2. The molecule has 0 saturated carbocycles. The molecule has 2 amide bonds. The molecular formula is C24H25FN4O3. The smallest absolute Gasteiger partial charge is 0.291 e. The SMILES string of the molecule is Cc1ccc(-c2cc(NC(=O)C(C)C)c(=O)n(CC(=O)Nc3ccc(F)cc3C)n2)cc1. The lowest BCUT2D eigenvalue weighted by Crippen LogP contribution is -2.33. The molecule has 8 heteroatoms. The third-order valence-electron chi connectivity index (χ3n) is 4.86. The Morgan fingerprint density at radius 2 is 1.69 bits per heavy atom. The van der Waals surface area contributed by atoms with Gasteiger partial charge in [-0.3, -0.25) is 14.4 Å². The van der Waals surface area contributed by atoms with E-state index in [-0.39, 0.29) is 24.1 Å². The second-order valence-corrected chi connectivity index (χ2v) is 7.92. The number of carbonyl (C=O) groups is 2. The molecule has 0 spiro atoms. The van der Waals surface area contributed by atoms with Gasteiger partial charge < -0.3 is 10.6 Å². The maximum Gasteiger partial charge on any atom is 0.291 e. The zero-order valence-corrected chi connectivity index (χ0v) is 18.4. The van der Waals surface area contributed by atoms with Crippen molar-refractivity contribution in [3.8, 4) is 11.3 Å². The number of benzene rings is 2. The van der Waals surface area contributed by atoms with Crippen molar-refractivity contribution in [2.45, 2.75) is 34.2 Å². The molecule has 0 aliphatic carbocycles. The van der Waals surface area contributed by atoms with Crippen LogP contribution in [0.3, 0.4) is 0 Å². The quantitative estimate of drug-likeness (QED) is 0.613. The zero-order valence-electron chi connectivity index (χ0n) is 18.4. The van der Waals surface area contributed by atoms with E-state index in [9.17, 15) is 18.8 Å². The molecule has 32 heavy (non-hydrogen) atoms. The van der Waals surface area contributed by atoms with E-state index in [2.05, 4.69) is 15.7 Å². The van der Waals surface area contributed by atoms with Gasteiger partial charge in [-0.2, -0.15) is 5.10 Å². The van der Waals surface area contributed by atoms with Crippen LogP contribution in [-0.4, -0.2) is 21.6 Å². The lowest BCUT2D eigenvalue weighted by Gasteiger charge is -2.13. The molecule has 0 atom stereocenters. The van der Waals surface area contributed by atoms with Gasteiger partial charge in [-0.1, -0.05) is 43.7 Å². The molecule has 0 aliphatic rings. The van der Waals surface area contributed by atoms with Crippen molar-refractivity contribution in [3.05, 3.63) is 75.8 Å². The normalized spacial score (nSPS) is 10.8. The van der Waals surface area contributed by atoms with Crippen LogP contribution in [0.2, 0.25) is 0 Å². The summed E-state index contributed by atoms with van der Waals surface area (Å²) < 4.78 is 14.3. The Bertz CT molecular complexity index is 1220. The second-order valence-electron chi connectivity index (χ2n) is 7.92. The van der Waals surface area contributed by atoms with Crippen LogP contribution < -0.4 is 16.2 Å². The highest BCUT2D eigenvalue weighted by atomic mass is 19.1. The predicted octanol–water partition coefficient (Wildman–Crippen LogP) is 3.90. The average molecular weight is 436 g/mol. The van der Waals surface area contributed by atoms with Gasteiger partial charge in [-0.15, -0.1) is 0 Å². The summed E-state index contributed by atoms with van der Waals surface area (Å²) in [5.74, 6) is -1.56. The van der Waals surface area contributed by atoms with Crippen molar-refractivity contribution in [1.82, 2.24) is 9.78 Å². The summed E-state index contributed by atoms with van der Waals surface area (Å²) in [5.41, 5.74) is 2.67. The Kier molecular flexibility index (Phi) is 6.82. The van der Waals surface area contributed by atoms with Gasteiger partial charge in [0.05, 0.1) is 5.69 Å². The molecule has 0 unspecified atom stereocenters. The Morgan fingerprint density at radius 3 is 2.31 bits per heavy atom. The molecule has 2 aromatic carbocycles. The highest BCUT2D eigenvalue weighted by Crippen LogP contribution is 2.20. The first-order valence-electron chi connectivity index (χ1n) is 10.2. The molecule has 0 fully saturated rings. The van der Waals surface area contributed by atoms with E-state index in [1.807, 2.05) is 31.2 Å². The molecule has 2 N–H and O–H groups in total. The number of hydrogen-bond acceptors (Lipinski definition) is 4. The largest absolute Gasteiger partial charge is 0.324 e. The summed E-state index contributed by atoms with van der Waals surface area (Å²) in [7, 11) is 0. The van der Waals surface area contributed by atoms with Crippen LogP contribution in [0.1, 0.15) is 25.0 Å². The van der Waals surface area contributed by atoms with Gasteiger partial charge in [-0.25, -0.2) is 9.07 Å². The van der Waals surface area contributed by atoms with E-state index in [0.29, 0.717) is 16.9 Å². The molecule has 7 nitrogen and oxygen atoms in total. The highest BCUT2D eigenvalue weighted by Gasteiger charge is 2.16. The molecule has 166 valence electrons. The maximum absolute atomic E-state index is 13.3. The average Bonchev–Trinajstić information content (AvgIpc) is 2.73. The van der Waals surface area contributed by atoms with Crippen molar-refractivity contribution in [3.63, 3.8) is 0 Å². The molecular weight excluding hydrogens is 411 g/mol. The van der Waals surface area contributed by atoms with E-state index in [0.717, 1.165) is 15.8 Å². The maximum atomic E-state index is 13.3. The number of aryl methyl sites for hydroxylation is 2. The van der Waals surface area contributed by atoms with Gasteiger partial charge in [0.15, 0.2) is 0 Å². The van der Waals surface area contributed by atoms with Crippen LogP contribution in [0, 0.1) is 25.6 Å². The standard InChI is InChI=1S/C24H25FN4O3/c1-14(2)23(31)27-21-12-20(17-7-5-15(3)6-8-17)28-29(24(21)32)13-22(30)26-19-10-9-18(25)11-16(19)4/h5-12,14H,13H2,1-4H3,(H,26,30)(H,27,31). The van der Waals surface area contributed by atoms with E-state index in [1.54, 1.807) is 20.8 Å². The molecule has 0 aliphatic heterocycles. The van der Waals surface area contributed by atoms with Crippen molar-refractivity contribution in [2.24, 2.45) is 5.92 Å². The van der Waals surface area contributed by atoms with Crippen LogP contribution in [0.25, 0.3) is 11.3 Å². The van der Waals surface area contributed by atoms with Gasteiger partial charge in [0.2, 0.25) is 11.8 Å². The molecule has 0 radical (unpaired) electrons. The van der Waals surface area contributed by atoms with Crippen LogP contribution in [0.15, 0.2) is 53.3 Å². The second kappa shape index (κ2) is 9.55. The Labute approximate surface area is 185 Å². The number of rotatable bonds is 6. The minimum Gasteiger partial charge on any atom is -0.324 e. The number of carbonyl (C=O) groups excluding carboxylic acids is 2. The minimum absolute atomic E-state index is 0.0417. The van der Waals surface area contributed by atoms with Crippen LogP contribution in [0.5, 0.6) is 0 Å². The summed E-state index contributed by atoms with van der Waals surface area (Å²) in [6, 6.07) is 13.0. The predicted molar refractivity (Wildman–Crippen MR) is 122 cm³/mol. The van der Waals surface area contributed by atoms with Gasteiger partial charge >= 0.3 is 0 Å². The van der Waals surface area contributed by atoms with E-state index >= 15 is 0 Å². The third-order valence-corrected chi connectivity index (χ3v) is 4.86. The Morgan fingerprint density at radius 1 is 1.00 bits per heavy atom. The minimum atomic E-state index is -0.596. The first-order chi connectivity index (χ1) is 15.1. The lowest BCUT2D eigenvalue weighted by atomic mass is 10.1. The topological polar surface area (TPSA) is 93.1 Å². The van der Waals surface area contributed by atoms with Crippen LogP contribution in [0.4, 0.5) is 15.8 Å². The lowest BCUT2D eigenvalue weighted by molar-refractivity contribution is -0.119. The summed E-state index contributed by atoms with van der Waals surface area (Å²) in [6.07, 6.45) is 0. The summed E-state index contributed by atoms with van der Waals surface area (Å²) in [5, 5.41) is 9.63. The number of nitrogens with zero attached hydrogens (tertiary/aromatic N) is 2. The van der Waals surface area contributed by atoms with Crippen molar-refractivity contribution < 1.29 is 14.0 Å². The van der Waals surface area contributed by atoms with E-state index < -0.39 is 17.3 Å². The fourth-order valence-electron chi connectivity index (χ4n) is 2.97. The molecule has 3 rings (SSSR count). The first-order valence-corrected chi connectivity index (χ1v) is 10.2. The van der Waals surface area contributed by atoms with Crippen LogP contribution >= 0.6 is 0 Å². The molecule has 1 aromatic heterocycles. The number of nitrogens with one attached hydrogen (secondary N) is 2. The van der Waals surface area contributed by atoms with E-state index in [4.69, 9.17) is 0 Å². The zero-order chi connectivity index (χ0) is 23.4. The number of halogens is 1. The summed E-state index contributed by atoms with van der Waals surface area (Å²) >= 11 is 0. The molecule has 0 saturated heterocycles. The monoisotopic (exact) mass is 436 g/mol. The molecule has 3 aromatic rings. The van der Waals surface area contributed by atoms with Gasteiger partial charge in [0.25, 0.3) is 5.56 Å². The fourth-order valence-corrected chi connectivity index (χ4v) is 2.97.